The van der Waals surface area contributed by atoms with Crippen LogP contribution in [0.1, 0.15) is 30.0 Å². The maximum Gasteiger partial charge on any atom is 0.325 e. The van der Waals surface area contributed by atoms with Gasteiger partial charge in [-0.2, -0.15) is 0 Å². The third-order valence-corrected chi connectivity index (χ3v) is 3.51. The van der Waals surface area contributed by atoms with Gasteiger partial charge in [-0.25, -0.2) is 4.79 Å². The van der Waals surface area contributed by atoms with Crippen molar-refractivity contribution in [3.63, 3.8) is 0 Å². The van der Waals surface area contributed by atoms with E-state index >= 15 is 0 Å². The normalized spacial score (nSPS) is 27.3. The zero-order valence-corrected chi connectivity index (χ0v) is 9.85. The highest BCUT2D eigenvalue weighted by Crippen LogP contribution is 2.37. The number of nitrogens with one attached hydrogen (secondary N) is 2. The van der Waals surface area contributed by atoms with Crippen LogP contribution in [0.4, 0.5) is 0 Å². The number of aromatic amines is 2. The molecule has 0 radical (unpaired) electrons. The molecular formula is C12H16N2O4. The maximum absolute atomic E-state index is 11.6. The lowest BCUT2D eigenvalue weighted by molar-refractivity contribution is 0.0908. The minimum absolute atomic E-state index is 0.103. The van der Waals surface area contributed by atoms with Crippen molar-refractivity contribution in [1.82, 2.24) is 9.97 Å². The molecule has 1 aromatic rings. The largest absolute Gasteiger partial charge is 0.396 e. The molecular weight excluding hydrogens is 236 g/mol. The molecule has 1 fully saturated rings. The Bertz CT molecular complexity index is 560. The predicted octanol–water partition coefficient (Wildman–Crippen LogP) is -0.447. The SMILES string of the molecule is C=Cc1c(C2CC(O)C(CO)C2)[nH]c(=O)[nH]c1=O. The van der Waals surface area contributed by atoms with Gasteiger partial charge in [0.05, 0.1) is 11.7 Å². The van der Waals surface area contributed by atoms with Gasteiger partial charge in [-0.15, -0.1) is 0 Å². The zero-order chi connectivity index (χ0) is 13.3. The summed E-state index contributed by atoms with van der Waals surface area (Å²) in [5.41, 5.74) is -0.229. The van der Waals surface area contributed by atoms with Crippen molar-refractivity contribution in [1.29, 1.82) is 0 Å². The van der Waals surface area contributed by atoms with Gasteiger partial charge in [0.2, 0.25) is 0 Å². The topological polar surface area (TPSA) is 106 Å². The maximum atomic E-state index is 11.6. The molecule has 1 heterocycles. The Morgan fingerprint density at radius 1 is 1.33 bits per heavy atom. The van der Waals surface area contributed by atoms with E-state index in [-0.39, 0.29) is 18.4 Å². The fourth-order valence-corrected chi connectivity index (χ4v) is 2.57. The molecule has 1 aliphatic carbocycles. The first-order valence-electron chi connectivity index (χ1n) is 5.84. The summed E-state index contributed by atoms with van der Waals surface area (Å²) in [6.07, 6.45) is 1.74. The Hall–Kier alpha value is -1.66. The van der Waals surface area contributed by atoms with E-state index in [9.17, 15) is 14.7 Å². The number of hydrogen-bond donors (Lipinski definition) is 4. The molecule has 0 spiro atoms. The van der Waals surface area contributed by atoms with Gasteiger partial charge >= 0.3 is 5.69 Å². The molecule has 1 saturated carbocycles. The Labute approximate surface area is 103 Å². The Morgan fingerprint density at radius 3 is 2.61 bits per heavy atom. The molecule has 0 bridgehead atoms. The highest BCUT2D eigenvalue weighted by molar-refractivity contribution is 5.49. The van der Waals surface area contributed by atoms with E-state index < -0.39 is 17.4 Å². The van der Waals surface area contributed by atoms with Crippen LogP contribution in [0.25, 0.3) is 6.08 Å². The first kappa shape index (κ1) is 12.8. The fourth-order valence-electron chi connectivity index (χ4n) is 2.57. The van der Waals surface area contributed by atoms with Crippen LogP contribution in [0, 0.1) is 5.92 Å². The summed E-state index contributed by atoms with van der Waals surface area (Å²) < 4.78 is 0. The van der Waals surface area contributed by atoms with Crippen LogP contribution in [0.2, 0.25) is 0 Å². The van der Waals surface area contributed by atoms with Crippen LogP contribution in [0.3, 0.4) is 0 Å². The zero-order valence-electron chi connectivity index (χ0n) is 9.85. The van der Waals surface area contributed by atoms with E-state index in [0.717, 1.165) is 0 Å². The number of rotatable bonds is 3. The van der Waals surface area contributed by atoms with E-state index in [1.165, 1.54) is 6.08 Å². The molecule has 3 atom stereocenters. The highest BCUT2D eigenvalue weighted by atomic mass is 16.3. The molecule has 0 amide bonds. The summed E-state index contributed by atoms with van der Waals surface area (Å²) in [5, 5.41) is 18.9. The van der Waals surface area contributed by atoms with E-state index in [0.29, 0.717) is 24.1 Å². The number of aliphatic hydroxyl groups is 2. The molecule has 1 aromatic heterocycles. The van der Waals surface area contributed by atoms with Crippen LogP contribution in [-0.4, -0.2) is 32.9 Å². The second-order valence-corrected chi connectivity index (χ2v) is 4.62. The summed E-state index contributed by atoms with van der Waals surface area (Å²) in [6.45, 7) is 3.46. The van der Waals surface area contributed by atoms with Crippen LogP contribution >= 0.6 is 0 Å². The summed E-state index contributed by atoms with van der Waals surface area (Å²) in [6, 6.07) is 0. The Morgan fingerprint density at radius 2 is 2.06 bits per heavy atom. The molecule has 0 aromatic carbocycles. The van der Waals surface area contributed by atoms with Gasteiger partial charge in [-0.3, -0.25) is 9.78 Å². The number of aromatic nitrogens is 2. The van der Waals surface area contributed by atoms with Crippen molar-refractivity contribution in [2.45, 2.75) is 24.9 Å². The van der Waals surface area contributed by atoms with Crippen molar-refractivity contribution < 1.29 is 10.2 Å². The summed E-state index contributed by atoms with van der Waals surface area (Å²) in [5.74, 6) is -0.351. The van der Waals surface area contributed by atoms with Crippen LogP contribution in [0.5, 0.6) is 0 Å². The molecule has 6 nitrogen and oxygen atoms in total. The van der Waals surface area contributed by atoms with Crippen molar-refractivity contribution in [3.8, 4) is 0 Å². The van der Waals surface area contributed by atoms with Crippen LogP contribution in [-0.2, 0) is 0 Å². The average molecular weight is 252 g/mol. The van der Waals surface area contributed by atoms with E-state index in [1.54, 1.807) is 0 Å². The van der Waals surface area contributed by atoms with Gasteiger partial charge < -0.3 is 15.2 Å². The molecule has 0 saturated heterocycles. The molecule has 18 heavy (non-hydrogen) atoms. The Balaban J connectivity index is 2.43. The lowest BCUT2D eigenvalue weighted by Gasteiger charge is -2.11. The van der Waals surface area contributed by atoms with Crippen molar-refractivity contribution in [2.24, 2.45) is 5.92 Å². The fraction of sp³-hybridized carbons (Fsp3) is 0.500. The van der Waals surface area contributed by atoms with Crippen molar-refractivity contribution in [3.05, 3.63) is 38.7 Å². The highest BCUT2D eigenvalue weighted by Gasteiger charge is 2.35. The summed E-state index contributed by atoms with van der Waals surface area (Å²) >= 11 is 0. The van der Waals surface area contributed by atoms with Crippen molar-refractivity contribution in [2.75, 3.05) is 6.61 Å². The average Bonchev–Trinajstić information content (AvgIpc) is 2.69. The van der Waals surface area contributed by atoms with Crippen LogP contribution in [0.15, 0.2) is 16.2 Å². The van der Waals surface area contributed by atoms with E-state index in [2.05, 4.69) is 16.5 Å². The van der Waals surface area contributed by atoms with Gasteiger partial charge in [-0.1, -0.05) is 12.7 Å². The van der Waals surface area contributed by atoms with Gasteiger partial charge in [0, 0.05) is 24.1 Å². The van der Waals surface area contributed by atoms with E-state index in [1.807, 2.05) is 0 Å². The predicted molar refractivity (Wildman–Crippen MR) is 66.3 cm³/mol. The second-order valence-electron chi connectivity index (χ2n) is 4.62. The number of hydrogen-bond acceptors (Lipinski definition) is 4. The van der Waals surface area contributed by atoms with Gasteiger partial charge in [0.15, 0.2) is 0 Å². The number of aliphatic hydroxyl groups excluding tert-OH is 2. The molecule has 1 aliphatic rings. The molecule has 4 N–H and O–H groups in total. The summed E-state index contributed by atoms with van der Waals surface area (Å²) in [7, 11) is 0. The van der Waals surface area contributed by atoms with Crippen molar-refractivity contribution >= 4 is 6.08 Å². The summed E-state index contributed by atoms with van der Waals surface area (Å²) in [4.78, 5) is 27.7. The van der Waals surface area contributed by atoms with Gasteiger partial charge in [0.25, 0.3) is 5.56 Å². The van der Waals surface area contributed by atoms with Gasteiger partial charge in [-0.05, 0) is 12.8 Å². The first-order chi connectivity index (χ1) is 8.56. The lowest BCUT2D eigenvalue weighted by atomic mass is 9.98. The monoisotopic (exact) mass is 252 g/mol. The quantitative estimate of drug-likeness (QED) is 0.584. The third-order valence-electron chi connectivity index (χ3n) is 3.51. The third kappa shape index (κ3) is 2.16. The van der Waals surface area contributed by atoms with Gasteiger partial charge in [0.1, 0.15) is 0 Å². The standard InChI is InChI=1S/C12H16N2O4/c1-2-8-10(13-12(18)14-11(8)17)6-3-7(5-15)9(16)4-6/h2,6-7,9,15-16H,1,3-5H2,(H2,13,14,17,18). The minimum Gasteiger partial charge on any atom is -0.396 e. The van der Waals surface area contributed by atoms with E-state index in [4.69, 9.17) is 5.11 Å². The molecule has 2 rings (SSSR count). The molecule has 98 valence electrons. The van der Waals surface area contributed by atoms with Crippen LogP contribution < -0.4 is 11.2 Å². The molecule has 0 aliphatic heterocycles. The molecule has 3 unspecified atom stereocenters. The first-order valence-corrected chi connectivity index (χ1v) is 5.84. The molecule has 6 heteroatoms. The number of H-pyrrole nitrogens is 2. The smallest absolute Gasteiger partial charge is 0.325 e. The minimum atomic E-state index is -0.611. The Kier molecular flexibility index (Phi) is 3.49. The lowest BCUT2D eigenvalue weighted by Crippen LogP contribution is -2.27. The second kappa shape index (κ2) is 4.91.